The average molecular weight is 533 g/mol. The molecule has 0 bridgehead atoms. The fourth-order valence-corrected chi connectivity index (χ4v) is 3.92. The lowest BCUT2D eigenvalue weighted by molar-refractivity contribution is -0.385. The summed E-state index contributed by atoms with van der Waals surface area (Å²) in [5, 5.41) is 21.9. The lowest BCUT2D eigenvalue weighted by atomic mass is 10.2. The van der Waals surface area contributed by atoms with E-state index in [-0.39, 0.29) is 11.4 Å². The molecule has 0 saturated carbocycles. The predicted octanol–water partition coefficient (Wildman–Crippen LogP) is 2.89. The maximum atomic E-state index is 10.9. The summed E-state index contributed by atoms with van der Waals surface area (Å²) >= 11 is 0. The second kappa shape index (κ2) is 16.8. The van der Waals surface area contributed by atoms with Crippen molar-refractivity contribution in [2.24, 2.45) is 0 Å². The first-order valence-corrected chi connectivity index (χ1v) is 12.7. The van der Waals surface area contributed by atoms with E-state index < -0.39 is 9.85 Å². The Morgan fingerprint density at radius 2 is 0.816 bits per heavy atom. The average Bonchev–Trinajstić information content (AvgIpc) is 2.91. The van der Waals surface area contributed by atoms with Crippen molar-refractivity contribution in [3.8, 4) is 0 Å². The second-order valence-electron chi connectivity index (χ2n) is 8.85. The van der Waals surface area contributed by atoms with Crippen LogP contribution in [-0.2, 0) is 32.0 Å². The molecular weight excluding hydrogens is 496 g/mol. The summed E-state index contributed by atoms with van der Waals surface area (Å²) in [6, 6.07) is 13.2. The quantitative estimate of drug-likeness (QED) is 0.404. The van der Waals surface area contributed by atoms with E-state index in [1.807, 2.05) is 0 Å². The Morgan fingerprint density at radius 3 is 1.13 bits per heavy atom. The van der Waals surface area contributed by atoms with Crippen molar-refractivity contribution in [1.29, 1.82) is 0 Å². The van der Waals surface area contributed by atoms with E-state index in [1.165, 1.54) is 24.3 Å². The molecule has 1 aliphatic rings. The monoisotopic (exact) mass is 532 g/mol. The summed E-state index contributed by atoms with van der Waals surface area (Å²) in [7, 11) is 0. The van der Waals surface area contributed by atoms with Gasteiger partial charge in [0.1, 0.15) is 0 Å². The Hall–Kier alpha value is -3.00. The van der Waals surface area contributed by atoms with Crippen LogP contribution in [0.2, 0.25) is 0 Å². The third-order valence-corrected chi connectivity index (χ3v) is 6.06. The molecule has 2 aromatic carbocycles. The van der Waals surface area contributed by atoms with Gasteiger partial charge >= 0.3 is 0 Å². The number of nitro benzene ring substituents is 2. The number of nitro groups is 2. The number of non-ortho nitro benzene ring substituents is 2. The lowest BCUT2D eigenvalue weighted by Crippen LogP contribution is -2.33. The topological polar surface area (TPSA) is 130 Å². The van der Waals surface area contributed by atoms with Crippen LogP contribution in [0.15, 0.2) is 48.5 Å². The first-order chi connectivity index (χ1) is 18.5. The van der Waals surface area contributed by atoms with Gasteiger partial charge in [-0.1, -0.05) is 24.3 Å². The molecule has 1 heterocycles. The minimum absolute atomic E-state index is 0.0730. The van der Waals surface area contributed by atoms with Crippen molar-refractivity contribution >= 4 is 11.4 Å². The van der Waals surface area contributed by atoms with E-state index in [0.717, 1.165) is 11.1 Å². The molecule has 0 unspecified atom stereocenters. The van der Waals surface area contributed by atoms with Crippen LogP contribution in [0.5, 0.6) is 0 Å². The van der Waals surface area contributed by atoms with Gasteiger partial charge in [-0.25, -0.2) is 0 Å². The standard InChI is InChI=1S/C26H36N4O8/c31-29(32)25-5-1-23(2-6-25)21-27-9-13-35-14-10-28(22-24-3-7-26(8-4-24)30(33)34)12-16-37-18-20-38-19-17-36-15-11-27/h1-8H,9-22H2. The van der Waals surface area contributed by atoms with Crippen LogP contribution in [0.4, 0.5) is 11.4 Å². The van der Waals surface area contributed by atoms with Crippen LogP contribution in [-0.4, -0.2) is 98.7 Å². The summed E-state index contributed by atoms with van der Waals surface area (Å²) in [4.78, 5) is 25.5. The SMILES string of the molecule is O=[N+]([O-])c1ccc(CN2CCOCCOCCOCCN(Cc3ccc([N+](=O)[O-])cc3)CCOCC2)cc1. The van der Waals surface area contributed by atoms with Crippen molar-refractivity contribution in [3.05, 3.63) is 79.9 Å². The molecule has 0 radical (unpaired) electrons. The zero-order chi connectivity index (χ0) is 27.0. The van der Waals surface area contributed by atoms with Crippen molar-refractivity contribution in [1.82, 2.24) is 9.80 Å². The van der Waals surface area contributed by atoms with E-state index in [1.54, 1.807) is 24.3 Å². The molecule has 1 aliphatic heterocycles. The molecule has 0 aliphatic carbocycles. The van der Waals surface area contributed by atoms with E-state index in [4.69, 9.17) is 18.9 Å². The van der Waals surface area contributed by atoms with Gasteiger partial charge < -0.3 is 18.9 Å². The van der Waals surface area contributed by atoms with E-state index in [0.29, 0.717) is 92.1 Å². The molecule has 0 spiro atoms. The zero-order valence-electron chi connectivity index (χ0n) is 21.6. The zero-order valence-corrected chi connectivity index (χ0v) is 21.6. The molecule has 3 rings (SSSR count). The molecule has 1 fully saturated rings. The molecule has 0 N–H and O–H groups in total. The number of hydrogen-bond donors (Lipinski definition) is 0. The van der Waals surface area contributed by atoms with Gasteiger partial charge in [0.25, 0.3) is 11.4 Å². The molecule has 38 heavy (non-hydrogen) atoms. The Bertz CT molecular complexity index is 897. The highest BCUT2D eigenvalue weighted by molar-refractivity contribution is 5.33. The Labute approximate surface area is 222 Å². The maximum absolute atomic E-state index is 10.9. The molecule has 208 valence electrons. The molecule has 0 atom stereocenters. The Balaban J connectivity index is 1.54. The normalized spacial score (nSPS) is 18.3. The van der Waals surface area contributed by atoms with E-state index in [9.17, 15) is 20.2 Å². The molecule has 0 amide bonds. The number of benzene rings is 2. The first kappa shape index (κ1) is 29.6. The molecule has 0 aromatic heterocycles. The van der Waals surface area contributed by atoms with Crippen LogP contribution in [0.3, 0.4) is 0 Å². The highest BCUT2D eigenvalue weighted by atomic mass is 16.6. The fourth-order valence-electron chi connectivity index (χ4n) is 3.92. The predicted molar refractivity (Wildman–Crippen MR) is 140 cm³/mol. The Morgan fingerprint density at radius 1 is 0.526 bits per heavy atom. The number of hydrogen-bond acceptors (Lipinski definition) is 10. The van der Waals surface area contributed by atoms with Gasteiger partial charge in [0.15, 0.2) is 0 Å². The lowest BCUT2D eigenvalue weighted by Gasteiger charge is -2.24. The highest BCUT2D eigenvalue weighted by Crippen LogP contribution is 2.15. The minimum atomic E-state index is -0.401. The van der Waals surface area contributed by atoms with Gasteiger partial charge in [-0.15, -0.1) is 0 Å². The van der Waals surface area contributed by atoms with Crippen molar-refractivity contribution in [2.75, 3.05) is 79.0 Å². The number of rotatable bonds is 6. The van der Waals surface area contributed by atoms with Crippen molar-refractivity contribution in [2.45, 2.75) is 13.1 Å². The third kappa shape index (κ3) is 11.2. The van der Waals surface area contributed by atoms with Crippen LogP contribution >= 0.6 is 0 Å². The van der Waals surface area contributed by atoms with E-state index >= 15 is 0 Å². The van der Waals surface area contributed by atoms with Crippen molar-refractivity contribution < 1.29 is 28.8 Å². The van der Waals surface area contributed by atoms with Gasteiger partial charge in [-0.2, -0.15) is 0 Å². The van der Waals surface area contributed by atoms with Gasteiger partial charge in [-0.3, -0.25) is 30.0 Å². The maximum Gasteiger partial charge on any atom is 0.269 e. The molecule has 1 saturated heterocycles. The van der Waals surface area contributed by atoms with Crippen molar-refractivity contribution in [3.63, 3.8) is 0 Å². The van der Waals surface area contributed by atoms with Gasteiger partial charge in [0, 0.05) is 63.5 Å². The Kier molecular flexibility index (Phi) is 13.0. The summed E-state index contributed by atoms with van der Waals surface area (Å²) in [6.07, 6.45) is 0. The first-order valence-electron chi connectivity index (χ1n) is 12.7. The van der Waals surface area contributed by atoms with Crippen LogP contribution < -0.4 is 0 Å². The second-order valence-corrected chi connectivity index (χ2v) is 8.85. The minimum Gasteiger partial charge on any atom is -0.379 e. The van der Waals surface area contributed by atoms with Crippen LogP contribution in [0, 0.1) is 20.2 Å². The van der Waals surface area contributed by atoms with Gasteiger partial charge in [0.2, 0.25) is 0 Å². The molecular formula is C26H36N4O8. The summed E-state index contributed by atoms with van der Waals surface area (Å²) in [6.45, 7) is 8.09. The van der Waals surface area contributed by atoms with Gasteiger partial charge in [-0.05, 0) is 11.1 Å². The number of nitrogens with zero attached hydrogens (tertiary/aromatic N) is 4. The summed E-state index contributed by atoms with van der Waals surface area (Å²) in [5.41, 5.74) is 2.11. The largest absolute Gasteiger partial charge is 0.379 e. The molecule has 12 nitrogen and oxygen atoms in total. The van der Waals surface area contributed by atoms with E-state index in [2.05, 4.69) is 9.80 Å². The highest BCUT2D eigenvalue weighted by Gasteiger charge is 2.12. The smallest absolute Gasteiger partial charge is 0.269 e. The third-order valence-electron chi connectivity index (χ3n) is 6.06. The summed E-state index contributed by atoms with van der Waals surface area (Å²) < 4.78 is 22.9. The van der Waals surface area contributed by atoms with Gasteiger partial charge in [0.05, 0.1) is 62.7 Å². The molecule has 12 heteroatoms. The molecule has 2 aromatic rings. The van der Waals surface area contributed by atoms with Crippen LogP contribution in [0.1, 0.15) is 11.1 Å². The number of ether oxygens (including phenoxy) is 4. The fraction of sp³-hybridized carbons (Fsp3) is 0.538. The van der Waals surface area contributed by atoms with Crippen LogP contribution in [0.25, 0.3) is 0 Å². The summed E-state index contributed by atoms with van der Waals surface area (Å²) in [5.74, 6) is 0.